The molecule has 2 nitrogen and oxygen atoms in total. The van der Waals surface area contributed by atoms with Gasteiger partial charge in [-0.05, 0) is 68.5 Å². The summed E-state index contributed by atoms with van der Waals surface area (Å²) in [6, 6.07) is 11.9. The van der Waals surface area contributed by atoms with Crippen LogP contribution in [-0.4, -0.2) is 13.1 Å². The monoisotopic (exact) mass is 366 g/mol. The lowest BCUT2D eigenvalue weighted by atomic mass is 10.1. The summed E-state index contributed by atoms with van der Waals surface area (Å²) in [7, 11) is 0. The third-order valence-electron chi connectivity index (χ3n) is 4.32. The van der Waals surface area contributed by atoms with Crippen LogP contribution in [0.15, 0.2) is 47.4 Å². The maximum Gasteiger partial charge on any atom is 0.416 e. The van der Waals surface area contributed by atoms with Gasteiger partial charge in [-0.25, -0.2) is 0 Å². The first-order valence-corrected chi connectivity index (χ1v) is 9.21. The first-order chi connectivity index (χ1) is 11.9. The van der Waals surface area contributed by atoms with Crippen LogP contribution in [0.2, 0.25) is 0 Å². The van der Waals surface area contributed by atoms with E-state index in [1.54, 1.807) is 6.07 Å². The minimum atomic E-state index is -4.34. The normalized spacial score (nSPS) is 15.3. The maximum atomic E-state index is 13.1. The molecule has 0 atom stereocenters. The van der Waals surface area contributed by atoms with Crippen molar-refractivity contribution in [1.29, 1.82) is 0 Å². The molecule has 1 heterocycles. The van der Waals surface area contributed by atoms with Crippen molar-refractivity contribution in [3.63, 3.8) is 0 Å². The van der Waals surface area contributed by atoms with Crippen LogP contribution in [0.5, 0.6) is 0 Å². The van der Waals surface area contributed by atoms with E-state index in [2.05, 4.69) is 9.62 Å². The molecule has 3 rings (SSSR count). The summed E-state index contributed by atoms with van der Waals surface area (Å²) in [5.74, 6) is 0. The smallest absolute Gasteiger partial charge is 0.370 e. The van der Waals surface area contributed by atoms with Crippen LogP contribution >= 0.6 is 11.9 Å². The molecule has 1 N–H and O–H groups in total. The number of nitrogens with one attached hydrogen (secondary N) is 1. The Balaban J connectivity index is 1.85. The van der Waals surface area contributed by atoms with Gasteiger partial charge in [-0.2, -0.15) is 13.2 Å². The van der Waals surface area contributed by atoms with E-state index in [1.807, 2.05) is 31.2 Å². The first-order valence-electron chi connectivity index (χ1n) is 8.39. The van der Waals surface area contributed by atoms with Gasteiger partial charge in [0.25, 0.3) is 0 Å². The lowest BCUT2D eigenvalue weighted by molar-refractivity contribution is -0.137. The maximum absolute atomic E-state index is 13.1. The zero-order valence-corrected chi connectivity index (χ0v) is 14.9. The highest BCUT2D eigenvalue weighted by atomic mass is 32.2. The molecule has 1 fully saturated rings. The Hall–Kier alpha value is -1.82. The number of hydrogen-bond donors (Lipinski definition) is 1. The summed E-state index contributed by atoms with van der Waals surface area (Å²) in [6.45, 7) is 3.77. The number of aryl methyl sites for hydroxylation is 1. The SMILES string of the molecule is Cc1ccc(SNc2cc(C(F)(F)F)ccc2N2CCCCC2)cc1. The number of alkyl halides is 3. The van der Waals surface area contributed by atoms with Crippen molar-refractivity contribution in [3.8, 4) is 0 Å². The number of rotatable bonds is 4. The Morgan fingerprint density at radius 3 is 2.28 bits per heavy atom. The number of piperidine rings is 1. The molecule has 2 aromatic rings. The van der Waals surface area contributed by atoms with Crippen LogP contribution < -0.4 is 9.62 Å². The van der Waals surface area contributed by atoms with Crippen LogP contribution in [-0.2, 0) is 6.18 Å². The van der Waals surface area contributed by atoms with Gasteiger partial charge < -0.3 is 9.62 Å². The standard InChI is InChI=1S/C19H21F3N2S/c1-14-5-8-16(9-6-14)25-23-17-13-15(19(20,21)22)7-10-18(17)24-11-3-2-4-12-24/h5-10,13,23H,2-4,11-12H2,1H3. The highest BCUT2D eigenvalue weighted by molar-refractivity contribution is 8.00. The van der Waals surface area contributed by atoms with Gasteiger partial charge in [0, 0.05) is 18.0 Å². The van der Waals surface area contributed by atoms with Crippen LogP contribution in [0.25, 0.3) is 0 Å². The van der Waals surface area contributed by atoms with Crippen molar-refractivity contribution in [3.05, 3.63) is 53.6 Å². The van der Waals surface area contributed by atoms with E-state index in [-0.39, 0.29) is 0 Å². The number of benzene rings is 2. The minimum absolute atomic E-state index is 0.516. The average Bonchev–Trinajstić information content (AvgIpc) is 2.61. The van der Waals surface area contributed by atoms with Gasteiger partial charge in [0.05, 0.1) is 16.9 Å². The van der Waals surface area contributed by atoms with E-state index in [4.69, 9.17) is 0 Å². The Kier molecular flexibility index (Phi) is 5.47. The van der Waals surface area contributed by atoms with Gasteiger partial charge >= 0.3 is 6.18 Å². The topological polar surface area (TPSA) is 15.3 Å². The minimum Gasteiger partial charge on any atom is -0.370 e. The van der Waals surface area contributed by atoms with E-state index < -0.39 is 11.7 Å². The van der Waals surface area contributed by atoms with Crippen LogP contribution in [0, 0.1) is 6.92 Å². The molecule has 0 aromatic heterocycles. The molecular weight excluding hydrogens is 345 g/mol. The Labute approximate surface area is 150 Å². The van der Waals surface area contributed by atoms with E-state index in [1.165, 1.54) is 30.5 Å². The fourth-order valence-corrected chi connectivity index (χ4v) is 3.59. The molecule has 0 spiro atoms. The predicted octanol–water partition coefficient (Wildman–Crippen LogP) is 6.12. The summed E-state index contributed by atoms with van der Waals surface area (Å²) in [6.07, 6.45) is -1.01. The van der Waals surface area contributed by atoms with Gasteiger partial charge in [0.2, 0.25) is 0 Å². The van der Waals surface area contributed by atoms with Gasteiger partial charge in [-0.15, -0.1) is 0 Å². The van der Waals surface area contributed by atoms with Crippen molar-refractivity contribution >= 4 is 23.3 Å². The zero-order chi connectivity index (χ0) is 17.9. The lowest BCUT2D eigenvalue weighted by Gasteiger charge is -2.31. The largest absolute Gasteiger partial charge is 0.416 e. The van der Waals surface area contributed by atoms with Crippen molar-refractivity contribution in [2.45, 2.75) is 37.3 Å². The first kappa shape index (κ1) is 18.0. The second-order valence-electron chi connectivity index (χ2n) is 6.29. The number of nitrogens with zero attached hydrogens (tertiary/aromatic N) is 1. The van der Waals surface area contributed by atoms with Crippen molar-refractivity contribution < 1.29 is 13.2 Å². The summed E-state index contributed by atoms with van der Waals surface area (Å²) < 4.78 is 42.4. The molecule has 0 aliphatic carbocycles. The molecular formula is C19H21F3N2S. The van der Waals surface area contributed by atoms with Crippen LogP contribution in [0.1, 0.15) is 30.4 Å². The molecule has 1 aliphatic heterocycles. The molecule has 25 heavy (non-hydrogen) atoms. The summed E-state index contributed by atoms with van der Waals surface area (Å²) in [5.41, 5.74) is 1.88. The molecule has 6 heteroatoms. The highest BCUT2D eigenvalue weighted by Gasteiger charge is 2.31. The average molecular weight is 366 g/mol. The summed E-state index contributed by atoms with van der Waals surface area (Å²) >= 11 is 1.34. The Morgan fingerprint density at radius 2 is 1.64 bits per heavy atom. The predicted molar refractivity (Wildman–Crippen MR) is 98.2 cm³/mol. The number of anilines is 2. The fraction of sp³-hybridized carbons (Fsp3) is 0.368. The van der Waals surface area contributed by atoms with E-state index >= 15 is 0 Å². The molecule has 1 saturated heterocycles. The fourth-order valence-electron chi connectivity index (χ4n) is 2.92. The van der Waals surface area contributed by atoms with E-state index in [0.717, 1.165) is 42.1 Å². The summed E-state index contributed by atoms with van der Waals surface area (Å²) in [5, 5.41) is 0. The van der Waals surface area contributed by atoms with Crippen molar-refractivity contribution in [2.75, 3.05) is 22.7 Å². The molecule has 1 aliphatic rings. The molecule has 0 radical (unpaired) electrons. The number of halogens is 3. The van der Waals surface area contributed by atoms with Crippen LogP contribution in [0.4, 0.5) is 24.5 Å². The molecule has 0 saturated carbocycles. The Bertz CT molecular complexity index is 708. The van der Waals surface area contributed by atoms with E-state index in [0.29, 0.717) is 5.69 Å². The zero-order valence-electron chi connectivity index (χ0n) is 14.1. The van der Waals surface area contributed by atoms with Gasteiger partial charge in [-0.3, -0.25) is 0 Å². The second kappa shape index (κ2) is 7.60. The molecule has 134 valence electrons. The van der Waals surface area contributed by atoms with Gasteiger partial charge in [0.1, 0.15) is 0 Å². The van der Waals surface area contributed by atoms with Crippen LogP contribution in [0.3, 0.4) is 0 Å². The van der Waals surface area contributed by atoms with E-state index in [9.17, 15) is 13.2 Å². The van der Waals surface area contributed by atoms with Crippen molar-refractivity contribution in [1.82, 2.24) is 0 Å². The van der Waals surface area contributed by atoms with Gasteiger partial charge in [-0.1, -0.05) is 17.7 Å². The third-order valence-corrected chi connectivity index (χ3v) is 5.15. The second-order valence-corrected chi connectivity index (χ2v) is 7.17. The summed E-state index contributed by atoms with van der Waals surface area (Å²) in [4.78, 5) is 3.13. The lowest BCUT2D eigenvalue weighted by Crippen LogP contribution is -2.30. The molecule has 0 amide bonds. The molecule has 0 unspecified atom stereocenters. The van der Waals surface area contributed by atoms with Crippen molar-refractivity contribution in [2.24, 2.45) is 0 Å². The Morgan fingerprint density at radius 1 is 0.960 bits per heavy atom. The molecule has 0 bridgehead atoms. The van der Waals surface area contributed by atoms with Gasteiger partial charge in [0.15, 0.2) is 0 Å². The number of hydrogen-bond acceptors (Lipinski definition) is 3. The quantitative estimate of drug-likeness (QED) is 0.656. The third kappa shape index (κ3) is 4.63. The highest BCUT2D eigenvalue weighted by Crippen LogP contribution is 2.38. The molecule has 2 aromatic carbocycles.